The van der Waals surface area contributed by atoms with Crippen molar-refractivity contribution in [3.05, 3.63) is 56.7 Å². The molecule has 0 heterocycles. The maximum atomic E-state index is 10.8. The van der Waals surface area contributed by atoms with Crippen LogP contribution in [0.5, 0.6) is 11.5 Å². The van der Waals surface area contributed by atoms with E-state index >= 15 is 0 Å². The van der Waals surface area contributed by atoms with E-state index in [1.165, 1.54) is 0 Å². The zero-order valence-corrected chi connectivity index (χ0v) is 16.6. The van der Waals surface area contributed by atoms with E-state index in [4.69, 9.17) is 14.6 Å². The molecule has 0 fully saturated rings. The van der Waals surface area contributed by atoms with Crippen LogP contribution in [0.25, 0.3) is 11.6 Å². The quantitative estimate of drug-likeness (QED) is 0.371. The second kappa shape index (κ2) is 9.25. The summed E-state index contributed by atoms with van der Waals surface area (Å²) in [6, 6.07) is 13.5. The highest BCUT2D eigenvalue weighted by Crippen LogP contribution is 2.35. The number of aryl methyl sites for hydroxylation is 1. The summed E-state index contributed by atoms with van der Waals surface area (Å²) >= 11 is 2.07. The number of rotatable bonds is 7. The number of benzene rings is 2. The fourth-order valence-corrected chi connectivity index (χ4v) is 3.07. The molecular formula is C20H18INO4. The van der Waals surface area contributed by atoms with Gasteiger partial charge in [-0.2, -0.15) is 5.26 Å². The topological polar surface area (TPSA) is 79.5 Å². The molecule has 134 valence electrons. The van der Waals surface area contributed by atoms with E-state index in [1.54, 1.807) is 12.1 Å². The zero-order valence-electron chi connectivity index (χ0n) is 14.5. The van der Waals surface area contributed by atoms with Gasteiger partial charge in [-0.25, -0.2) is 4.79 Å². The number of halogens is 1. The number of carboxylic acids is 1. The van der Waals surface area contributed by atoms with Gasteiger partial charge in [0.25, 0.3) is 0 Å². The van der Waals surface area contributed by atoms with Gasteiger partial charge in [0.05, 0.1) is 21.8 Å². The van der Waals surface area contributed by atoms with Crippen LogP contribution in [-0.4, -0.2) is 24.3 Å². The molecule has 26 heavy (non-hydrogen) atoms. The number of hydrogen-bond donors (Lipinski definition) is 1. The number of hydrogen-bond acceptors (Lipinski definition) is 4. The zero-order chi connectivity index (χ0) is 19.1. The summed E-state index contributed by atoms with van der Waals surface area (Å²) in [5.41, 5.74) is 3.26. The summed E-state index contributed by atoms with van der Waals surface area (Å²) in [4.78, 5) is 10.8. The Morgan fingerprint density at radius 3 is 2.54 bits per heavy atom. The van der Waals surface area contributed by atoms with Crippen molar-refractivity contribution >= 4 is 40.2 Å². The third-order valence-electron chi connectivity index (χ3n) is 3.47. The molecule has 1 N–H and O–H groups in total. The Bertz CT molecular complexity index is 867. The van der Waals surface area contributed by atoms with Gasteiger partial charge in [0.2, 0.25) is 0 Å². The molecule has 0 radical (unpaired) electrons. The number of aliphatic carboxylic acids is 1. The van der Waals surface area contributed by atoms with Crippen LogP contribution in [0.2, 0.25) is 0 Å². The first-order valence-corrected chi connectivity index (χ1v) is 9.02. The first kappa shape index (κ1) is 19.8. The van der Waals surface area contributed by atoms with E-state index in [1.807, 2.05) is 44.2 Å². The molecule has 5 nitrogen and oxygen atoms in total. The molecule has 0 saturated carbocycles. The Labute approximate surface area is 166 Å². The lowest BCUT2D eigenvalue weighted by molar-refractivity contribution is -0.139. The molecular weight excluding hydrogens is 445 g/mol. The van der Waals surface area contributed by atoms with Gasteiger partial charge in [-0.1, -0.05) is 29.8 Å². The Morgan fingerprint density at radius 1 is 1.27 bits per heavy atom. The number of carboxylic acid groups (broad SMARTS) is 1. The number of allylic oxidation sites excluding steroid dienone is 1. The summed E-state index contributed by atoms with van der Waals surface area (Å²) in [6.07, 6.45) is 1.77. The van der Waals surface area contributed by atoms with Crippen molar-refractivity contribution in [2.24, 2.45) is 0 Å². The maximum absolute atomic E-state index is 10.8. The highest BCUT2D eigenvalue weighted by atomic mass is 127. The highest BCUT2D eigenvalue weighted by molar-refractivity contribution is 14.1. The van der Waals surface area contributed by atoms with Gasteiger partial charge < -0.3 is 14.6 Å². The van der Waals surface area contributed by atoms with E-state index in [9.17, 15) is 10.1 Å². The van der Waals surface area contributed by atoms with Crippen molar-refractivity contribution < 1.29 is 19.4 Å². The first-order valence-electron chi connectivity index (χ1n) is 7.94. The summed E-state index contributed by atoms with van der Waals surface area (Å²) < 4.78 is 11.7. The van der Waals surface area contributed by atoms with Crippen LogP contribution in [0.1, 0.15) is 23.6 Å². The normalized spacial score (nSPS) is 10.9. The third-order valence-corrected chi connectivity index (χ3v) is 4.27. The molecule has 0 saturated heterocycles. The van der Waals surface area contributed by atoms with E-state index in [0.717, 1.165) is 16.7 Å². The number of carbonyl (C=O) groups is 1. The van der Waals surface area contributed by atoms with Crippen molar-refractivity contribution in [1.29, 1.82) is 5.26 Å². The largest absolute Gasteiger partial charge is 0.490 e. The van der Waals surface area contributed by atoms with E-state index < -0.39 is 12.6 Å². The molecule has 0 bridgehead atoms. The SMILES string of the molecule is CCOc1cc(/C=C(/C#N)c2ccc(C)cc2)cc(I)c1OCC(=O)O. The third kappa shape index (κ3) is 5.23. The van der Waals surface area contributed by atoms with Crippen LogP contribution >= 0.6 is 22.6 Å². The fourth-order valence-electron chi connectivity index (χ4n) is 2.29. The van der Waals surface area contributed by atoms with Crippen molar-refractivity contribution in [2.45, 2.75) is 13.8 Å². The van der Waals surface area contributed by atoms with Crippen molar-refractivity contribution in [1.82, 2.24) is 0 Å². The molecule has 2 rings (SSSR count). The standard InChI is InChI=1S/C20H18INO4/c1-3-25-18-10-14(9-17(21)20(18)26-12-19(23)24)8-16(11-22)15-6-4-13(2)5-7-15/h4-10H,3,12H2,1-2H3,(H,23,24)/b16-8-. The van der Waals surface area contributed by atoms with Crippen molar-refractivity contribution in [3.8, 4) is 17.6 Å². The van der Waals surface area contributed by atoms with Gasteiger partial charge in [-0.05, 0) is 65.8 Å². The van der Waals surface area contributed by atoms with Crippen molar-refractivity contribution in [2.75, 3.05) is 13.2 Å². The van der Waals surface area contributed by atoms with E-state index in [0.29, 0.717) is 27.2 Å². The second-order valence-corrected chi connectivity index (χ2v) is 6.64. The predicted molar refractivity (Wildman–Crippen MR) is 108 cm³/mol. The molecule has 0 atom stereocenters. The van der Waals surface area contributed by atoms with E-state index in [-0.39, 0.29) is 0 Å². The number of nitriles is 1. The lowest BCUT2D eigenvalue weighted by Crippen LogP contribution is -2.11. The van der Waals surface area contributed by atoms with Crippen LogP contribution < -0.4 is 9.47 Å². The smallest absolute Gasteiger partial charge is 0.341 e. The Morgan fingerprint density at radius 2 is 1.96 bits per heavy atom. The van der Waals surface area contributed by atoms with Crippen LogP contribution in [0.3, 0.4) is 0 Å². The molecule has 0 aliphatic carbocycles. The number of ether oxygens (including phenoxy) is 2. The first-order chi connectivity index (χ1) is 12.4. The van der Waals surface area contributed by atoms with Crippen LogP contribution in [0.4, 0.5) is 0 Å². The molecule has 0 aliphatic rings. The summed E-state index contributed by atoms with van der Waals surface area (Å²) in [7, 11) is 0. The van der Waals surface area contributed by atoms with Gasteiger partial charge >= 0.3 is 5.97 Å². The minimum Gasteiger partial charge on any atom is -0.490 e. The molecule has 2 aromatic rings. The number of nitrogens with zero attached hydrogens (tertiary/aromatic N) is 1. The van der Waals surface area contributed by atoms with Crippen LogP contribution in [0.15, 0.2) is 36.4 Å². The molecule has 2 aromatic carbocycles. The van der Waals surface area contributed by atoms with Gasteiger partial charge in [-0.15, -0.1) is 0 Å². The average Bonchev–Trinajstić information content (AvgIpc) is 2.60. The Hall–Kier alpha value is -2.53. The fraction of sp³-hybridized carbons (Fsp3) is 0.200. The molecule has 0 spiro atoms. The van der Waals surface area contributed by atoms with E-state index in [2.05, 4.69) is 28.7 Å². The van der Waals surface area contributed by atoms with Crippen LogP contribution in [0, 0.1) is 21.8 Å². The van der Waals surface area contributed by atoms with Gasteiger partial charge in [0.1, 0.15) is 0 Å². The summed E-state index contributed by atoms with van der Waals surface area (Å²) in [6.45, 7) is 3.79. The van der Waals surface area contributed by atoms with Gasteiger partial charge in [0, 0.05) is 0 Å². The Balaban J connectivity index is 2.43. The van der Waals surface area contributed by atoms with Gasteiger partial charge in [-0.3, -0.25) is 0 Å². The molecule has 0 aromatic heterocycles. The monoisotopic (exact) mass is 463 g/mol. The predicted octanol–water partition coefficient (Wildman–Crippen LogP) is 4.53. The second-order valence-electron chi connectivity index (χ2n) is 5.48. The average molecular weight is 463 g/mol. The molecule has 0 aliphatic heterocycles. The molecule has 0 amide bonds. The van der Waals surface area contributed by atoms with Crippen LogP contribution in [-0.2, 0) is 4.79 Å². The summed E-state index contributed by atoms with van der Waals surface area (Å²) in [5.74, 6) is -0.215. The summed E-state index contributed by atoms with van der Waals surface area (Å²) in [5, 5.41) is 18.3. The molecule has 6 heteroatoms. The highest BCUT2D eigenvalue weighted by Gasteiger charge is 2.14. The lowest BCUT2D eigenvalue weighted by Gasteiger charge is -2.13. The minimum atomic E-state index is -1.06. The Kier molecular flexibility index (Phi) is 7.04. The maximum Gasteiger partial charge on any atom is 0.341 e. The molecule has 0 unspecified atom stereocenters. The van der Waals surface area contributed by atoms with Gasteiger partial charge in [0.15, 0.2) is 18.1 Å². The minimum absolute atomic E-state index is 0.390. The lowest BCUT2D eigenvalue weighted by atomic mass is 10.0. The van der Waals surface area contributed by atoms with Crippen molar-refractivity contribution in [3.63, 3.8) is 0 Å².